The molecule has 2 aromatic carbocycles. The molecule has 0 saturated carbocycles. The van der Waals surface area contributed by atoms with Crippen LogP contribution in [-0.2, 0) is 6.42 Å². The molecule has 0 amide bonds. The minimum absolute atomic E-state index is 0. The van der Waals surface area contributed by atoms with Crippen LogP contribution >= 0.6 is 24.0 Å². The van der Waals surface area contributed by atoms with Crippen LogP contribution in [-0.4, -0.2) is 19.6 Å². The number of aliphatic imine (C=N–C) groups is 1. The van der Waals surface area contributed by atoms with E-state index in [1.165, 1.54) is 5.56 Å². The number of hydrogen-bond acceptors (Lipinski definition) is 2. The molecule has 112 valence electrons. The summed E-state index contributed by atoms with van der Waals surface area (Å²) in [5.41, 5.74) is 7.98. The monoisotopic (exact) mass is 397 g/mol. The Hall–Kier alpha value is -1.76. The molecule has 0 saturated heterocycles. The van der Waals surface area contributed by atoms with Crippen LogP contribution in [0.4, 0.5) is 5.69 Å². The van der Waals surface area contributed by atoms with Gasteiger partial charge in [-0.15, -0.1) is 24.0 Å². The molecule has 21 heavy (non-hydrogen) atoms. The second-order valence-electron chi connectivity index (χ2n) is 4.36. The molecule has 0 aliphatic carbocycles. The first kappa shape index (κ1) is 17.3. The van der Waals surface area contributed by atoms with E-state index < -0.39 is 0 Å². The van der Waals surface area contributed by atoms with Crippen molar-refractivity contribution in [2.24, 2.45) is 10.7 Å². The SMILES string of the molecule is COc1cccc(NC(N)=NCCc2ccccc2)c1.I. The number of nitrogens with two attached hydrogens (primary N) is 1. The summed E-state index contributed by atoms with van der Waals surface area (Å²) in [6.07, 6.45) is 0.876. The molecule has 0 spiro atoms. The quantitative estimate of drug-likeness (QED) is 0.463. The van der Waals surface area contributed by atoms with Crippen molar-refractivity contribution in [3.05, 3.63) is 60.2 Å². The average molecular weight is 397 g/mol. The Bertz CT molecular complexity index is 573. The van der Waals surface area contributed by atoms with E-state index in [0.29, 0.717) is 12.5 Å². The van der Waals surface area contributed by atoms with Crippen LogP contribution < -0.4 is 15.8 Å². The number of ether oxygens (including phenoxy) is 1. The number of nitrogens with zero attached hydrogens (tertiary/aromatic N) is 1. The summed E-state index contributed by atoms with van der Waals surface area (Å²) in [6.45, 7) is 0.660. The van der Waals surface area contributed by atoms with Crippen molar-refractivity contribution >= 4 is 35.6 Å². The third-order valence-corrected chi connectivity index (χ3v) is 2.87. The lowest BCUT2D eigenvalue weighted by Gasteiger charge is -2.07. The molecule has 0 heterocycles. The van der Waals surface area contributed by atoms with Gasteiger partial charge in [0.1, 0.15) is 5.75 Å². The van der Waals surface area contributed by atoms with E-state index in [2.05, 4.69) is 22.4 Å². The van der Waals surface area contributed by atoms with Crippen LogP contribution in [0.1, 0.15) is 5.56 Å². The van der Waals surface area contributed by atoms with Gasteiger partial charge in [0.05, 0.1) is 7.11 Å². The van der Waals surface area contributed by atoms with Gasteiger partial charge in [0.15, 0.2) is 5.96 Å². The highest BCUT2D eigenvalue weighted by molar-refractivity contribution is 14.0. The number of hydrogen-bond donors (Lipinski definition) is 2. The smallest absolute Gasteiger partial charge is 0.193 e. The van der Waals surface area contributed by atoms with Crippen molar-refractivity contribution in [2.75, 3.05) is 19.0 Å². The number of methoxy groups -OCH3 is 1. The molecular formula is C16H20IN3O. The Morgan fingerprint density at radius 2 is 1.90 bits per heavy atom. The number of guanidine groups is 1. The van der Waals surface area contributed by atoms with Gasteiger partial charge in [-0.05, 0) is 24.1 Å². The topological polar surface area (TPSA) is 59.6 Å². The van der Waals surface area contributed by atoms with Gasteiger partial charge in [0.25, 0.3) is 0 Å². The summed E-state index contributed by atoms with van der Waals surface area (Å²) in [5, 5.41) is 3.05. The normalized spacial score (nSPS) is 10.6. The van der Waals surface area contributed by atoms with Crippen molar-refractivity contribution in [1.29, 1.82) is 0 Å². The minimum atomic E-state index is 0. The number of anilines is 1. The third kappa shape index (κ3) is 6.03. The van der Waals surface area contributed by atoms with Crippen LogP contribution in [0.5, 0.6) is 5.75 Å². The predicted molar refractivity (Wildman–Crippen MR) is 98.7 cm³/mol. The fraction of sp³-hybridized carbons (Fsp3) is 0.188. The van der Waals surface area contributed by atoms with Gasteiger partial charge in [-0.3, -0.25) is 4.99 Å². The summed E-state index contributed by atoms with van der Waals surface area (Å²) in [5.74, 6) is 1.20. The molecule has 0 aliphatic rings. The average Bonchev–Trinajstić information content (AvgIpc) is 2.48. The molecule has 0 aromatic heterocycles. The van der Waals surface area contributed by atoms with E-state index in [1.807, 2.05) is 42.5 Å². The van der Waals surface area contributed by atoms with Gasteiger partial charge in [-0.25, -0.2) is 0 Å². The molecule has 0 unspecified atom stereocenters. The zero-order valence-electron chi connectivity index (χ0n) is 12.0. The predicted octanol–water partition coefficient (Wildman–Crippen LogP) is 3.28. The van der Waals surface area contributed by atoms with E-state index in [9.17, 15) is 0 Å². The van der Waals surface area contributed by atoms with Crippen LogP contribution in [0.3, 0.4) is 0 Å². The van der Waals surface area contributed by atoms with E-state index in [-0.39, 0.29) is 24.0 Å². The van der Waals surface area contributed by atoms with E-state index >= 15 is 0 Å². The molecule has 4 nitrogen and oxygen atoms in total. The first-order valence-electron chi connectivity index (χ1n) is 6.53. The summed E-state index contributed by atoms with van der Waals surface area (Å²) < 4.78 is 5.15. The van der Waals surface area contributed by atoms with Crippen molar-refractivity contribution < 1.29 is 4.74 Å². The van der Waals surface area contributed by atoms with Crippen molar-refractivity contribution in [1.82, 2.24) is 0 Å². The lowest BCUT2D eigenvalue weighted by Crippen LogP contribution is -2.23. The standard InChI is InChI=1S/C16H19N3O.HI/c1-20-15-9-5-8-14(12-15)19-16(17)18-11-10-13-6-3-2-4-7-13;/h2-9,12H,10-11H2,1H3,(H3,17,18,19);1H. The van der Waals surface area contributed by atoms with Gasteiger partial charge < -0.3 is 15.8 Å². The maximum atomic E-state index is 5.86. The Balaban J connectivity index is 0.00000220. The highest BCUT2D eigenvalue weighted by atomic mass is 127. The molecule has 2 aromatic rings. The van der Waals surface area contributed by atoms with Crippen LogP contribution in [0.25, 0.3) is 0 Å². The molecule has 2 rings (SSSR count). The number of rotatable bonds is 5. The second kappa shape index (κ2) is 9.23. The van der Waals surface area contributed by atoms with Crippen LogP contribution in [0.15, 0.2) is 59.6 Å². The van der Waals surface area contributed by atoms with Gasteiger partial charge in [-0.1, -0.05) is 36.4 Å². The Morgan fingerprint density at radius 1 is 1.14 bits per heavy atom. The summed E-state index contributed by atoms with van der Waals surface area (Å²) in [4.78, 5) is 4.31. The Kier molecular flexibility index (Phi) is 7.60. The molecule has 0 atom stereocenters. The van der Waals surface area contributed by atoms with Gasteiger partial charge in [0.2, 0.25) is 0 Å². The Labute approximate surface area is 142 Å². The second-order valence-corrected chi connectivity index (χ2v) is 4.36. The maximum absolute atomic E-state index is 5.86. The molecule has 3 N–H and O–H groups in total. The molecule has 0 radical (unpaired) electrons. The number of benzene rings is 2. The number of nitrogens with one attached hydrogen (secondary N) is 1. The molecule has 0 fully saturated rings. The Morgan fingerprint density at radius 3 is 2.62 bits per heavy atom. The third-order valence-electron chi connectivity index (χ3n) is 2.87. The zero-order valence-corrected chi connectivity index (χ0v) is 14.3. The molecular weight excluding hydrogens is 377 g/mol. The first-order chi connectivity index (χ1) is 9.78. The highest BCUT2D eigenvalue weighted by Crippen LogP contribution is 2.16. The number of halogens is 1. The largest absolute Gasteiger partial charge is 0.497 e. The molecule has 0 aliphatic heterocycles. The minimum Gasteiger partial charge on any atom is -0.497 e. The van der Waals surface area contributed by atoms with Gasteiger partial charge in [-0.2, -0.15) is 0 Å². The summed E-state index contributed by atoms with van der Waals surface area (Å²) in [7, 11) is 1.64. The highest BCUT2D eigenvalue weighted by Gasteiger charge is 1.97. The van der Waals surface area contributed by atoms with Crippen molar-refractivity contribution in [3.8, 4) is 5.75 Å². The lowest BCUT2D eigenvalue weighted by atomic mass is 10.2. The zero-order chi connectivity index (χ0) is 14.2. The molecule has 5 heteroatoms. The molecule has 0 bridgehead atoms. The van der Waals surface area contributed by atoms with Crippen molar-refractivity contribution in [2.45, 2.75) is 6.42 Å². The summed E-state index contributed by atoms with van der Waals surface area (Å²) >= 11 is 0. The van der Waals surface area contributed by atoms with Crippen molar-refractivity contribution in [3.63, 3.8) is 0 Å². The van der Waals surface area contributed by atoms with E-state index in [1.54, 1.807) is 7.11 Å². The van der Waals surface area contributed by atoms with Crippen LogP contribution in [0.2, 0.25) is 0 Å². The lowest BCUT2D eigenvalue weighted by molar-refractivity contribution is 0.415. The van der Waals surface area contributed by atoms with Crippen LogP contribution in [0, 0.1) is 0 Å². The van der Waals surface area contributed by atoms with E-state index in [0.717, 1.165) is 17.9 Å². The summed E-state index contributed by atoms with van der Waals surface area (Å²) in [6, 6.07) is 17.8. The van der Waals surface area contributed by atoms with E-state index in [4.69, 9.17) is 10.5 Å². The first-order valence-corrected chi connectivity index (χ1v) is 6.53. The fourth-order valence-electron chi connectivity index (χ4n) is 1.84. The fourth-order valence-corrected chi connectivity index (χ4v) is 1.84. The van der Waals surface area contributed by atoms with Gasteiger partial charge >= 0.3 is 0 Å². The van der Waals surface area contributed by atoms with Gasteiger partial charge in [0, 0.05) is 18.3 Å². The maximum Gasteiger partial charge on any atom is 0.193 e.